The van der Waals surface area contributed by atoms with Crippen LogP contribution in [0, 0.1) is 13.8 Å². The summed E-state index contributed by atoms with van der Waals surface area (Å²) in [5.74, 6) is 0. The number of alkyl halides is 2. The Balaban J connectivity index is 3.06. The normalized spacial score (nSPS) is 13.4. The molecule has 0 unspecified atom stereocenters. The maximum absolute atomic E-state index is 12.9. The second-order valence-electron chi connectivity index (χ2n) is 4.10. The van der Waals surface area contributed by atoms with E-state index in [1.807, 2.05) is 0 Å². The van der Waals surface area contributed by atoms with Gasteiger partial charge in [0.25, 0.3) is 10.1 Å². The molecule has 20 heavy (non-hydrogen) atoms. The SMILES string of the molecule is Cc1ccc(C)c(S(=O)(=O)OCC(F)(F)S(=O)(=O)O)c1. The van der Waals surface area contributed by atoms with E-state index in [1.165, 1.54) is 19.1 Å². The van der Waals surface area contributed by atoms with Gasteiger partial charge in [0.05, 0.1) is 4.90 Å². The van der Waals surface area contributed by atoms with Crippen molar-refractivity contribution in [3.63, 3.8) is 0 Å². The Morgan fingerprint density at radius 2 is 1.75 bits per heavy atom. The van der Waals surface area contributed by atoms with Crippen molar-refractivity contribution in [1.82, 2.24) is 0 Å². The van der Waals surface area contributed by atoms with Crippen LogP contribution >= 0.6 is 0 Å². The summed E-state index contributed by atoms with van der Waals surface area (Å²) in [5, 5.41) is -4.71. The molecule has 0 radical (unpaired) electrons. The molecule has 0 spiro atoms. The van der Waals surface area contributed by atoms with Gasteiger partial charge < -0.3 is 0 Å². The summed E-state index contributed by atoms with van der Waals surface area (Å²) in [4.78, 5) is -0.344. The van der Waals surface area contributed by atoms with Crippen molar-refractivity contribution in [2.45, 2.75) is 24.0 Å². The Morgan fingerprint density at radius 1 is 1.20 bits per heavy atom. The molecule has 1 aromatic rings. The van der Waals surface area contributed by atoms with Gasteiger partial charge in [-0.25, -0.2) is 0 Å². The van der Waals surface area contributed by atoms with Gasteiger partial charge in [-0.15, -0.1) is 0 Å². The summed E-state index contributed by atoms with van der Waals surface area (Å²) in [6.45, 7) is 1.02. The molecule has 0 aliphatic carbocycles. The fourth-order valence-corrected chi connectivity index (χ4v) is 2.77. The van der Waals surface area contributed by atoms with E-state index in [9.17, 15) is 25.6 Å². The van der Waals surface area contributed by atoms with Crippen LogP contribution in [-0.2, 0) is 24.4 Å². The summed E-state index contributed by atoms with van der Waals surface area (Å²) in [6.07, 6.45) is 0. The van der Waals surface area contributed by atoms with Gasteiger partial charge in [-0.1, -0.05) is 12.1 Å². The van der Waals surface area contributed by atoms with Crippen LogP contribution in [0.5, 0.6) is 0 Å². The van der Waals surface area contributed by atoms with Gasteiger partial charge in [-0.05, 0) is 31.0 Å². The van der Waals surface area contributed by atoms with Gasteiger partial charge >= 0.3 is 15.4 Å². The number of aryl methyl sites for hydroxylation is 2. The molecule has 10 heteroatoms. The number of hydrogen-bond acceptors (Lipinski definition) is 5. The number of rotatable bonds is 5. The number of hydrogen-bond donors (Lipinski definition) is 1. The molecule has 0 aromatic heterocycles. The van der Waals surface area contributed by atoms with Crippen molar-refractivity contribution in [2.24, 2.45) is 0 Å². The van der Waals surface area contributed by atoms with E-state index in [0.29, 0.717) is 5.56 Å². The third kappa shape index (κ3) is 3.72. The van der Waals surface area contributed by atoms with Crippen LogP contribution in [0.3, 0.4) is 0 Å². The van der Waals surface area contributed by atoms with E-state index >= 15 is 0 Å². The highest BCUT2D eigenvalue weighted by Gasteiger charge is 2.46. The van der Waals surface area contributed by atoms with Crippen LogP contribution in [0.2, 0.25) is 0 Å². The Labute approximate surface area is 115 Å². The Bertz CT molecular complexity index is 709. The van der Waals surface area contributed by atoms with E-state index in [1.54, 1.807) is 13.0 Å². The largest absolute Gasteiger partial charge is 0.393 e. The molecule has 6 nitrogen and oxygen atoms in total. The predicted octanol–water partition coefficient (Wildman–Crippen LogP) is 1.49. The number of halogens is 2. The van der Waals surface area contributed by atoms with Gasteiger partial charge in [-0.3, -0.25) is 8.74 Å². The van der Waals surface area contributed by atoms with Crippen molar-refractivity contribution in [2.75, 3.05) is 6.61 Å². The van der Waals surface area contributed by atoms with Crippen LogP contribution in [0.4, 0.5) is 8.78 Å². The first kappa shape index (κ1) is 17.0. The maximum Gasteiger partial charge on any atom is 0.393 e. The fourth-order valence-electron chi connectivity index (χ4n) is 1.26. The smallest absolute Gasteiger partial charge is 0.281 e. The van der Waals surface area contributed by atoms with E-state index in [0.717, 1.165) is 0 Å². The molecular weight excluding hydrogens is 318 g/mol. The van der Waals surface area contributed by atoms with Crippen molar-refractivity contribution in [3.05, 3.63) is 29.3 Å². The first-order chi connectivity index (χ1) is 8.87. The molecule has 0 aliphatic rings. The second-order valence-corrected chi connectivity index (χ2v) is 7.23. The Hall–Kier alpha value is -1.10. The van der Waals surface area contributed by atoms with Gasteiger partial charge in [0.2, 0.25) is 0 Å². The van der Waals surface area contributed by atoms with Gasteiger partial charge in [0.15, 0.2) is 0 Å². The molecular formula is C10H12F2O6S2. The molecule has 0 heterocycles. The minimum Gasteiger partial charge on any atom is -0.281 e. The van der Waals surface area contributed by atoms with Gasteiger partial charge in [0, 0.05) is 0 Å². The van der Waals surface area contributed by atoms with Crippen LogP contribution in [0.25, 0.3) is 0 Å². The highest BCUT2D eigenvalue weighted by atomic mass is 32.2. The molecule has 0 bridgehead atoms. The summed E-state index contributed by atoms with van der Waals surface area (Å²) in [5.41, 5.74) is 0.810. The fraction of sp³-hybridized carbons (Fsp3) is 0.400. The average molecular weight is 330 g/mol. The van der Waals surface area contributed by atoms with Crippen molar-refractivity contribution in [3.8, 4) is 0 Å². The minimum atomic E-state index is -5.75. The van der Waals surface area contributed by atoms with Crippen LogP contribution < -0.4 is 0 Å². The minimum absolute atomic E-state index is 0.255. The lowest BCUT2D eigenvalue weighted by Crippen LogP contribution is -2.34. The molecule has 1 aromatic carbocycles. The van der Waals surface area contributed by atoms with E-state index in [-0.39, 0.29) is 10.5 Å². The van der Waals surface area contributed by atoms with Crippen LogP contribution in [0.1, 0.15) is 11.1 Å². The first-order valence-electron chi connectivity index (χ1n) is 5.18. The highest BCUT2D eigenvalue weighted by Crippen LogP contribution is 2.25. The Kier molecular flexibility index (Phi) is 4.54. The monoisotopic (exact) mass is 330 g/mol. The second kappa shape index (κ2) is 5.35. The summed E-state index contributed by atoms with van der Waals surface area (Å²) in [6, 6.07) is 4.27. The Morgan fingerprint density at radius 3 is 2.25 bits per heavy atom. The summed E-state index contributed by atoms with van der Waals surface area (Å²) in [7, 11) is -10.3. The van der Waals surface area contributed by atoms with E-state index < -0.39 is 32.1 Å². The predicted molar refractivity (Wildman–Crippen MR) is 65.5 cm³/mol. The number of benzene rings is 1. The molecule has 0 saturated heterocycles. The summed E-state index contributed by atoms with van der Waals surface area (Å²) < 4.78 is 82.4. The maximum atomic E-state index is 12.9. The van der Waals surface area contributed by atoms with Crippen molar-refractivity contribution in [1.29, 1.82) is 0 Å². The molecule has 0 aliphatic heterocycles. The van der Waals surface area contributed by atoms with Crippen LogP contribution in [-0.4, -0.2) is 33.2 Å². The lowest BCUT2D eigenvalue weighted by molar-refractivity contribution is 0.0312. The van der Waals surface area contributed by atoms with Gasteiger partial charge in [0.1, 0.15) is 6.61 Å². The van der Waals surface area contributed by atoms with E-state index in [4.69, 9.17) is 4.55 Å². The third-order valence-electron chi connectivity index (χ3n) is 2.37. The van der Waals surface area contributed by atoms with Crippen molar-refractivity contribution < 1.29 is 34.4 Å². The average Bonchev–Trinajstić information content (AvgIpc) is 2.28. The quantitative estimate of drug-likeness (QED) is 0.649. The molecule has 1 rings (SSSR count). The van der Waals surface area contributed by atoms with Gasteiger partial charge in [-0.2, -0.15) is 25.6 Å². The summed E-state index contributed by atoms with van der Waals surface area (Å²) >= 11 is 0. The van der Waals surface area contributed by atoms with Crippen molar-refractivity contribution >= 4 is 20.2 Å². The first-order valence-corrected chi connectivity index (χ1v) is 8.03. The molecule has 1 N–H and O–H groups in total. The molecule has 0 atom stereocenters. The lowest BCUT2D eigenvalue weighted by Gasteiger charge is -2.14. The molecule has 0 fully saturated rings. The zero-order valence-electron chi connectivity index (χ0n) is 10.5. The molecule has 0 amide bonds. The third-order valence-corrected chi connectivity index (χ3v) is 4.65. The lowest BCUT2D eigenvalue weighted by atomic mass is 10.2. The van der Waals surface area contributed by atoms with Crippen LogP contribution in [0.15, 0.2) is 23.1 Å². The standard InChI is InChI=1S/C10H12F2O6S2/c1-7-3-4-8(2)9(5-7)19(13,14)18-6-10(11,12)20(15,16)17/h3-5H,6H2,1-2H3,(H,15,16,17). The molecule has 0 saturated carbocycles. The van der Waals surface area contributed by atoms with E-state index in [2.05, 4.69) is 4.18 Å². The zero-order chi connectivity index (χ0) is 15.8. The topological polar surface area (TPSA) is 97.7 Å². The highest BCUT2D eigenvalue weighted by molar-refractivity contribution is 7.87. The zero-order valence-corrected chi connectivity index (χ0v) is 12.1. The molecule has 114 valence electrons.